The molecule has 0 saturated carbocycles. The number of piperidine rings is 1. The van der Waals surface area contributed by atoms with Crippen molar-refractivity contribution in [1.29, 1.82) is 0 Å². The van der Waals surface area contributed by atoms with E-state index >= 15 is 0 Å². The Kier molecular flexibility index (Phi) is 10.9. The van der Waals surface area contributed by atoms with Crippen molar-refractivity contribution in [3.8, 4) is 0 Å². The Morgan fingerprint density at radius 1 is 1.14 bits per heavy atom. The van der Waals surface area contributed by atoms with E-state index in [1.54, 1.807) is 7.05 Å². The quantitative estimate of drug-likeness (QED) is 0.269. The highest BCUT2D eigenvalue weighted by Crippen LogP contribution is 2.19. The van der Waals surface area contributed by atoms with Crippen molar-refractivity contribution in [2.75, 3.05) is 33.7 Å². The molecule has 3 N–H and O–H groups in total. The second-order valence-corrected chi connectivity index (χ2v) is 9.85. The molecule has 7 nitrogen and oxygen atoms in total. The largest absolute Gasteiger partial charge is 0.355 e. The summed E-state index contributed by atoms with van der Waals surface area (Å²) < 4.78 is 25.8. The third-order valence-electron chi connectivity index (χ3n) is 5.24. The van der Waals surface area contributed by atoms with Crippen molar-refractivity contribution in [2.24, 2.45) is 4.99 Å². The Hall–Kier alpha value is -0.910. The minimum atomic E-state index is -3.27. The molecule has 1 aliphatic heterocycles. The number of nitrogens with one attached hydrogen (secondary N) is 3. The lowest BCUT2D eigenvalue weighted by molar-refractivity contribution is 0.0982. The van der Waals surface area contributed by atoms with E-state index in [2.05, 4.69) is 39.1 Å². The van der Waals surface area contributed by atoms with Gasteiger partial charge in [0.25, 0.3) is 0 Å². The third-order valence-corrected chi connectivity index (χ3v) is 6.58. The number of nitrogens with zero attached hydrogens (tertiary/aromatic N) is 2. The van der Waals surface area contributed by atoms with E-state index in [0.717, 1.165) is 36.7 Å². The van der Waals surface area contributed by atoms with E-state index in [0.29, 0.717) is 6.54 Å². The Labute approximate surface area is 193 Å². The van der Waals surface area contributed by atoms with Crippen LogP contribution < -0.4 is 15.4 Å². The standard InChI is InChI=1S/C20H35N5O2S.HI/c1-20(2,25-11-6-5-7-12-25)16-24-19(21-3)23-14-17-9-8-10-18(13-17)15-28(26,27)22-4;/h8-10,13,22H,5-7,11-12,14-16H2,1-4H3,(H2,21,23,24);1H. The molecule has 166 valence electrons. The summed E-state index contributed by atoms with van der Waals surface area (Å²) >= 11 is 0. The molecule has 29 heavy (non-hydrogen) atoms. The second-order valence-electron chi connectivity index (χ2n) is 7.92. The maximum atomic E-state index is 11.7. The lowest BCUT2D eigenvalue weighted by atomic mass is 9.98. The highest BCUT2D eigenvalue weighted by Gasteiger charge is 2.27. The SMILES string of the molecule is CN=C(NCc1cccc(CS(=O)(=O)NC)c1)NCC(C)(C)N1CCCCC1.I. The number of rotatable bonds is 8. The molecule has 0 aromatic heterocycles. The van der Waals surface area contributed by atoms with Crippen LogP contribution in [-0.4, -0.2) is 58.5 Å². The van der Waals surface area contributed by atoms with Gasteiger partial charge in [0.05, 0.1) is 5.75 Å². The monoisotopic (exact) mass is 537 g/mol. The summed E-state index contributed by atoms with van der Waals surface area (Å²) in [5.74, 6) is 0.729. The highest BCUT2D eigenvalue weighted by atomic mass is 127. The molecule has 0 amide bonds. The van der Waals surface area contributed by atoms with Crippen molar-refractivity contribution in [3.05, 3.63) is 35.4 Å². The summed E-state index contributed by atoms with van der Waals surface area (Å²) in [6.07, 6.45) is 3.88. The first-order valence-electron chi connectivity index (χ1n) is 9.94. The zero-order valence-corrected chi connectivity index (χ0v) is 21.1. The molecule has 1 aliphatic rings. The maximum Gasteiger partial charge on any atom is 0.215 e. The summed E-state index contributed by atoms with van der Waals surface area (Å²) in [5, 5.41) is 6.75. The number of hydrogen-bond acceptors (Lipinski definition) is 4. The summed E-state index contributed by atoms with van der Waals surface area (Å²) in [6, 6.07) is 7.60. The van der Waals surface area contributed by atoms with Gasteiger partial charge in [0.15, 0.2) is 5.96 Å². The van der Waals surface area contributed by atoms with E-state index in [1.807, 2.05) is 24.3 Å². The molecule has 0 atom stereocenters. The van der Waals surface area contributed by atoms with Crippen LogP contribution in [0.15, 0.2) is 29.3 Å². The molecule has 0 bridgehead atoms. The predicted octanol–water partition coefficient (Wildman–Crippen LogP) is 2.28. The van der Waals surface area contributed by atoms with Crippen LogP contribution in [0.3, 0.4) is 0 Å². The third kappa shape index (κ3) is 8.77. The first kappa shape index (κ1) is 26.1. The Morgan fingerprint density at radius 3 is 2.41 bits per heavy atom. The molecule has 1 fully saturated rings. The van der Waals surface area contributed by atoms with Gasteiger partial charge in [0.1, 0.15) is 0 Å². The van der Waals surface area contributed by atoms with Gasteiger partial charge in [-0.2, -0.15) is 0 Å². The van der Waals surface area contributed by atoms with Gasteiger partial charge in [-0.05, 0) is 58.0 Å². The number of benzene rings is 1. The number of sulfonamides is 1. The molecule has 9 heteroatoms. The smallest absolute Gasteiger partial charge is 0.215 e. The van der Waals surface area contributed by atoms with Crippen LogP contribution in [0.4, 0.5) is 0 Å². The van der Waals surface area contributed by atoms with Crippen LogP contribution >= 0.6 is 24.0 Å². The number of halogens is 1. The van der Waals surface area contributed by atoms with Gasteiger partial charge in [-0.25, -0.2) is 13.1 Å². The Morgan fingerprint density at radius 2 is 1.79 bits per heavy atom. The number of guanidine groups is 1. The Balaban J connectivity index is 0.00000420. The fourth-order valence-corrected chi connectivity index (χ4v) is 4.20. The molecular weight excluding hydrogens is 501 g/mol. The van der Waals surface area contributed by atoms with Crippen LogP contribution in [0.1, 0.15) is 44.2 Å². The second kappa shape index (κ2) is 12.1. The minimum Gasteiger partial charge on any atom is -0.355 e. The van der Waals surface area contributed by atoms with Crippen LogP contribution in [0.2, 0.25) is 0 Å². The lowest BCUT2D eigenvalue weighted by Gasteiger charge is -2.41. The van der Waals surface area contributed by atoms with Crippen molar-refractivity contribution in [2.45, 2.75) is 50.9 Å². The molecule has 0 radical (unpaired) electrons. The van der Waals surface area contributed by atoms with Gasteiger partial charge in [-0.1, -0.05) is 30.7 Å². The summed E-state index contributed by atoms with van der Waals surface area (Å²) in [7, 11) is -0.0768. The molecule has 1 aromatic carbocycles. The molecule has 0 aliphatic carbocycles. The van der Waals surface area contributed by atoms with E-state index < -0.39 is 10.0 Å². The van der Waals surface area contributed by atoms with Crippen LogP contribution in [-0.2, 0) is 22.3 Å². The molecule has 2 rings (SSSR count). The fraction of sp³-hybridized carbons (Fsp3) is 0.650. The topological polar surface area (TPSA) is 85.8 Å². The first-order chi connectivity index (χ1) is 13.3. The zero-order chi connectivity index (χ0) is 20.6. The van der Waals surface area contributed by atoms with Gasteiger partial charge < -0.3 is 10.6 Å². The summed E-state index contributed by atoms with van der Waals surface area (Å²) in [4.78, 5) is 6.86. The van der Waals surface area contributed by atoms with Gasteiger partial charge in [-0.3, -0.25) is 9.89 Å². The number of aliphatic imine (C=N–C) groups is 1. The molecule has 0 spiro atoms. The van der Waals surface area contributed by atoms with Gasteiger partial charge in [0.2, 0.25) is 10.0 Å². The van der Waals surface area contributed by atoms with Crippen molar-refractivity contribution < 1.29 is 8.42 Å². The first-order valence-corrected chi connectivity index (χ1v) is 11.6. The summed E-state index contributed by atoms with van der Waals surface area (Å²) in [6.45, 7) is 8.24. The molecule has 1 aromatic rings. The van der Waals surface area contributed by atoms with Gasteiger partial charge in [0, 0.05) is 25.7 Å². The minimum absolute atomic E-state index is 0. The maximum absolute atomic E-state index is 11.7. The summed E-state index contributed by atoms with van der Waals surface area (Å²) in [5.41, 5.74) is 1.85. The molecule has 1 saturated heterocycles. The fourth-order valence-electron chi connectivity index (χ4n) is 3.44. The van der Waals surface area contributed by atoms with Crippen LogP contribution in [0, 0.1) is 0 Å². The van der Waals surface area contributed by atoms with E-state index in [-0.39, 0.29) is 35.3 Å². The van der Waals surface area contributed by atoms with E-state index in [9.17, 15) is 8.42 Å². The average molecular weight is 538 g/mol. The van der Waals surface area contributed by atoms with Crippen molar-refractivity contribution >= 4 is 40.0 Å². The molecular formula is C20H36IN5O2S. The van der Waals surface area contributed by atoms with Crippen molar-refractivity contribution in [3.63, 3.8) is 0 Å². The van der Waals surface area contributed by atoms with Gasteiger partial charge in [-0.15, -0.1) is 24.0 Å². The van der Waals surface area contributed by atoms with Crippen LogP contribution in [0.5, 0.6) is 0 Å². The van der Waals surface area contributed by atoms with Gasteiger partial charge >= 0.3 is 0 Å². The molecule has 1 heterocycles. The predicted molar refractivity (Wildman–Crippen MR) is 131 cm³/mol. The molecule has 0 unspecified atom stereocenters. The number of likely N-dealkylation sites (tertiary alicyclic amines) is 1. The zero-order valence-electron chi connectivity index (χ0n) is 18.0. The highest BCUT2D eigenvalue weighted by molar-refractivity contribution is 14.0. The number of hydrogen-bond donors (Lipinski definition) is 3. The normalized spacial score (nSPS) is 16.2. The van der Waals surface area contributed by atoms with E-state index in [4.69, 9.17) is 0 Å². The lowest BCUT2D eigenvalue weighted by Crippen LogP contribution is -2.54. The van der Waals surface area contributed by atoms with E-state index in [1.165, 1.54) is 26.3 Å². The van der Waals surface area contributed by atoms with Crippen LogP contribution in [0.25, 0.3) is 0 Å². The van der Waals surface area contributed by atoms with Crippen molar-refractivity contribution in [1.82, 2.24) is 20.3 Å². The Bertz CT molecular complexity index is 762. The average Bonchev–Trinajstić information content (AvgIpc) is 2.69.